The maximum absolute atomic E-state index is 11.3. The van der Waals surface area contributed by atoms with E-state index in [1.165, 1.54) is 11.1 Å². The topological polar surface area (TPSA) is 46.1 Å². The highest BCUT2D eigenvalue weighted by molar-refractivity contribution is 5.91. The van der Waals surface area contributed by atoms with E-state index >= 15 is 0 Å². The Labute approximate surface area is 71.3 Å². The molecule has 0 saturated carbocycles. The van der Waals surface area contributed by atoms with Crippen LogP contribution >= 0.6 is 0 Å². The molecule has 0 aromatic carbocycles. The monoisotopic (exact) mass is 165 g/mol. The van der Waals surface area contributed by atoms with Crippen LogP contribution in [0.25, 0.3) is 0 Å². The van der Waals surface area contributed by atoms with Gasteiger partial charge in [0.25, 0.3) is 5.91 Å². The second-order valence-electron chi connectivity index (χ2n) is 2.75. The molecule has 0 aliphatic carbocycles. The molecule has 0 spiro atoms. The zero-order chi connectivity index (χ0) is 9.14. The van der Waals surface area contributed by atoms with E-state index in [0.29, 0.717) is 5.69 Å². The van der Waals surface area contributed by atoms with Crippen molar-refractivity contribution >= 4 is 5.91 Å². The van der Waals surface area contributed by atoms with Gasteiger partial charge in [0.05, 0.1) is 11.9 Å². The first-order valence-corrected chi connectivity index (χ1v) is 3.61. The average molecular weight is 165 g/mol. The summed E-state index contributed by atoms with van der Waals surface area (Å²) in [5.41, 5.74) is 1.14. The van der Waals surface area contributed by atoms with Crippen molar-refractivity contribution in [1.29, 1.82) is 0 Å². The van der Waals surface area contributed by atoms with E-state index in [2.05, 4.69) is 9.97 Å². The van der Waals surface area contributed by atoms with Gasteiger partial charge in [0.15, 0.2) is 0 Å². The lowest BCUT2D eigenvalue weighted by Crippen LogP contribution is -2.23. The third-order valence-corrected chi connectivity index (χ3v) is 1.38. The average Bonchev–Trinajstić information content (AvgIpc) is 2.03. The smallest absolute Gasteiger partial charge is 0.273 e. The van der Waals surface area contributed by atoms with E-state index in [4.69, 9.17) is 0 Å². The fourth-order valence-corrected chi connectivity index (χ4v) is 0.796. The zero-order valence-electron chi connectivity index (χ0n) is 7.40. The maximum atomic E-state index is 11.3. The van der Waals surface area contributed by atoms with E-state index in [1.54, 1.807) is 27.2 Å². The molecule has 0 aliphatic heterocycles. The molecule has 12 heavy (non-hydrogen) atoms. The molecule has 0 atom stereocenters. The van der Waals surface area contributed by atoms with Crippen LogP contribution in [0, 0.1) is 6.92 Å². The van der Waals surface area contributed by atoms with Crippen LogP contribution in [0.1, 0.15) is 16.2 Å². The molecule has 1 aromatic heterocycles. The zero-order valence-corrected chi connectivity index (χ0v) is 7.40. The number of carbonyl (C=O) groups excluding carboxylic acids is 1. The highest BCUT2D eigenvalue weighted by atomic mass is 16.2. The number of nitrogens with zero attached hydrogens (tertiary/aromatic N) is 3. The van der Waals surface area contributed by atoms with Gasteiger partial charge in [-0.3, -0.25) is 9.78 Å². The Morgan fingerprint density at radius 2 is 2.08 bits per heavy atom. The maximum Gasteiger partial charge on any atom is 0.273 e. The molecule has 0 fully saturated rings. The van der Waals surface area contributed by atoms with Crippen molar-refractivity contribution in [3.05, 3.63) is 23.8 Å². The summed E-state index contributed by atoms with van der Waals surface area (Å²) in [6, 6.07) is 0. The molecule has 0 saturated heterocycles. The third kappa shape index (κ3) is 1.78. The predicted molar refractivity (Wildman–Crippen MR) is 44.8 cm³/mol. The van der Waals surface area contributed by atoms with Crippen molar-refractivity contribution in [2.45, 2.75) is 6.92 Å². The Balaban J connectivity index is 2.96. The van der Waals surface area contributed by atoms with E-state index < -0.39 is 0 Å². The standard InChI is InChI=1S/C8H11N3O/c1-6-4-9-5-7(10-6)8(12)11(2)3/h4-5H,1-3H3. The van der Waals surface area contributed by atoms with E-state index in [0.717, 1.165) is 5.69 Å². The van der Waals surface area contributed by atoms with Gasteiger partial charge in [0, 0.05) is 20.3 Å². The van der Waals surface area contributed by atoms with Gasteiger partial charge in [-0.05, 0) is 6.92 Å². The Bertz CT molecular complexity index is 296. The minimum Gasteiger partial charge on any atom is -0.343 e. The van der Waals surface area contributed by atoms with Crippen molar-refractivity contribution in [3.63, 3.8) is 0 Å². The van der Waals surface area contributed by atoms with Crippen LogP contribution in [0.15, 0.2) is 12.4 Å². The van der Waals surface area contributed by atoms with Gasteiger partial charge in [-0.15, -0.1) is 0 Å². The molecular weight excluding hydrogens is 154 g/mol. The van der Waals surface area contributed by atoms with Gasteiger partial charge in [-0.2, -0.15) is 0 Å². The molecule has 0 unspecified atom stereocenters. The third-order valence-electron chi connectivity index (χ3n) is 1.38. The number of rotatable bonds is 1. The molecule has 1 heterocycles. The second-order valence-corrected chi connectivity index (χ2v) is 2.75. The lowest BCUT2D eigenvalue weighted by Gasteiger charge is -2.08. The Kier molecular flexibility index (Phi) is 2.38. The first kappa shape index (κ1) is 8.64. The summed E-state index contributed by atoms with van der Waals surface area (Å²) in [6.07, 6.45) is 3.09. The van der Waals surface area contributed by atoms with Crippen molar-refractivity contribution < 1.29 is 4.79 Å². The van der Waals surface area contributed by atoms with E-state index in [-0.39, 0.29) is 5.91 Å². The van der Waals surface area contributed by atoms with Gasteiger partial charge < -0.3 is 4.90 Å². The van der Waals surface area contributed by atoms with Crippen LogP contribution < -0.4 is 0 Å². The van der Waals surface area contributed by atoms with Crippen LogP contribution in [-0.2, 0) is 0 Å². The van der Waals surface area contributed by atoms with Gasteiger partial charge in [0.2, 0.25) is 0 Å². The summed E-state index contributed by atoms with van der Waals surface area (Å²) in [5.74, 6) is -0.119. The first-order chi connectivity index (χ1) is 5.61. The summed E-state index contributed by atoms with van der Waals surface area (Å²) < 4.78 is 0. The quantitative estimate of drug-likeness (QED) is 0.608. The van der Waals surface area contributed by atoms with Crippen molar-refractivity contribution in [2.24, 2.45) is 0 Å². The van der Waals surface area contributed by atoms with Crippen LogP contribution in [0.4, 0.5) is 0 Å². The minimum atomic E-state index is -0.119. The van der Waals surface area contributed by atoms with Gasteiger partial charge in [-0.1, -0.05) is 0 Å². The Morgan fingerprint density at radius 3 is 2.58 bits per heavy atom. The minimum absolute atomic E-state index is 0.119. The summed E-state index contributed by atoms with van der Waals surface area (Å²) in [6.45, 7) is 1.80. The van der Waals surface area contributed by atoms with Crippen molar-refractivity contribution in [1.82, 2.24) is 14.9 Å². The molecule has 1 aromatic rings. The Morgan fingerprint density at radius 1 is 1.42 bits per heavy atom. The lowest BCUT2D eigenvalue weighted by molar-refractivity contribution is 0.0821. The number of aryl methyl sites for hydroxylation is 1. The molecular formula is C8H11N3O. The number of hydrogen-bond donors (Lipinski definition) is 0. The summed E-state index contributed by atoms with van der Waals surface area (Å²) >= 11 is 0. The number of aromatic nitrogens is 2. The molecule has 0 radical (unpaired) electrons. The highest BCUT2D eigenvalue weighted by Gasteiger charge is 2.08. The summed E-state index contributed by atoms with van der Waals surface area (Å²) in [5, 5.41) is 0. The molecule has 64 valence electrons. The SMILES string of the molecule is Cc1cncc(C(=O)N(C)C)n1. The van der Waals surface area contributed by atoms with Crippen LogP contribution in [0.5, 0.6) is 0 Å². The molecule has 4 heteroatoms. The fraction of sp³-hybridized carbons (Fsp3) is 0.375. The molecule has 0 N–H and O–H groups in total. The first-order valence-electron chi connectivity index (χ1n) is 3.61. The highest BCUT2D eigenvalue weighted by Crippen LogP contribution is 1.97. The largest absolute Gasteiger partial charge is 0.343 e. The molecule has 1 rings (SSSR count). The lowest BCUT2D eigenvalue weighted by atomic mass is 10.4. The molecule has 4 nitrogen and oxygen atoms in total. The van der Waals surface area contributed by atoms with Crippen LogP contribution in [0.2, 0.25) is 0 Å². The van der Waals surface area contributed by atoms with Crippen molar-refractivity contribution in [3.8, 4) is 0 Å². The normalized spacial score (nSPS) is 9.58. The number of amides is 1. The fourth-order valence-electron chi connectivity index (χ4n) is 0.796. The van der Waals surface area contributed by atoms with Crippen LogP contribution in [0.3, 0.4) is 0 Å². The summed E-state index contributed by atoms with van der Waals surface area (Å²) in [4.78, 5) is 20.7. The van der Waals surface area contributed by atoms with Gasteiger partial charge in [0.1, 0.15) is 5.69 Å². The van der Waals surface area contributed by atoms with E-state index in [1.807, 2.05) is 0 Å². The molecule has 0 bridgehead atoms. The molecule has 0 aliphatic rings. The summed E-state index contributed by atoms with van der Waals surface area (Å²) in [7, 11) is 3.37. The number of carbonyl (C=O) groups is 1. The van der Waals surface area contributed by atoms with Crippen molar-refractivity contribution in [2.75, 3.05) is 14.1 Å². The second kappa shape index (κ2) is 3.30. The van der Waals surface area contributed by atoms with Gasteiger partial charge in [-0.25, -0.2) is 4.98 Å². The van der Waals surface area contributed by atoms with Crippen LogP contribution in [-0.4, -0.2) is 34.9 Å². The Hall–Kier alpha value is -1.45. The number of hydrogen-bond acceptors (Lipinski definition) is 3. The molecule has 1 amide bonds. The van der Waals surface area contributed by atoms with Gasteiger partial charge >= 0.3 is 0 Å². The van der Waals surface area contributed by atoms with E-state index in [9.17, 15) is 4.79 Å². The predicted octanol–water partition coefficient (Wildman–Crippen LogP) is 0.487.